The summed E-state index contributed by atoms with van der Waals surface area (Å²) in [6.07, 6.45) is 1.61. The number of rotatable bonds is 2. The molecule has 0 bridgehead atoms. The number of aromatic nitrogens is 1. The molecule has 0 aliphatic heterocycles. The first-order chi connectivity index (χ1) is 11.7. The Hall–Kier alpha value is -3.40. The van der Waals surface area contributed by atoms with Crippen molar-refractivity contribution in [3.8, 4) is 5.75 Å². The molecule has 0 aliphatic carbocycles. The lowest BCUT2D eigenvalue weighted by Gasteiger charge is -2.11. The highest BCUT2D eigenvalue weighted by molar-refractivity contribution is 6.15. The molecule has 0 spiro atoms. The number of anilines is 1. The molecule has 2 N–H and O–H groups in total. The zero-order chi connectivity index (χ0) is 16.5. The van der Waals surface area contributed by atoms with Gasteiger partial charge in [0.2, 0.25) is 0 Å². The summed E-state index contributed by atoms with van der Waals surface area (Å²) in [6, 6.07) is 20.2. The minimum Gasteiger partial charge on any atom is -0.506 e. The predicted molar refractivity (Wildman–Crippen MR) is 95.3 cm³/mol. The van der Waals surface area contributed by atoms with Crippen LogP contribution in [0.3, 0.4) is 0 Å². The van der Waals surface area contributed by atoms with Gasteiger partial charge in [0.1, 0.15) is 11.3 Å². The molecular weight excluding hydrogens is 300 g/mol. The summed E-state index contributed by atoms with van der Waals surface area (Å²) in [7, 11) is 0. The number of carbonyl (C=O) groups excluding carboxylic acids is 1. The maximum absolute atomic E-state index is 12.8. The Kier molecular flexibility index (Phi) is 3.35. The van der Waals surface area contributed by atoms with Crippen molar-refractivity contribution < 1.29 is 9.90 Å². The molecular formula is C20H14N2O2. The summed E-state index contributed by atoms with van der Waals surface area (Å²) >= 11 is 0. The molecule has 0 aliphatic rings. The van der Waals surface area contributed by atoms with E-state index in [1.165, 1.54) is 6.07 Å². The van der Waals surface area contributed by atoms with E-state index < -0.39 is 0 Å². The van der Waals surface area contributed by atoms with Gasteiger partial charge < -0.3 is 10.4 Å². The van der Waals surface area contributed by atoms with Gasteiger partial charge in [-0.1, -0.05) is 36.4 Å². The van der Waals surface area contributed by atoms with E-state index in [9.17, 15) is 9.90 Å². The normalized spacial score (nSPS) is 10.8. The second-order valence-corrected chi connectivity index (χ2v) is 5.51. The summed E-state index contributed by atoms with van der Waals surface area (Å²) < 4.78 is 0. The number of pyridine rings is 1. The van der Waals surface area contributed by atoms with Gasteiger partial charge >= 0.3 is 0 Å². The number of benzene rings is 3. The Labute approximate surface area is 138 Å². The molecule has 4 nitrogen and oxygen atoms in total. The van der Waals surface area contributed by atoms with Crippen LogP contribution in [0.5, 0.6) is 5.75 Å². The van der Waals surface area contributed by atoms with E-state index in [-0.39, 0.29) is 11.7 Å². The van der Waals surface area contributed by atoms with Crippen molar-refractivity contribution in [2.75, 3.05) is 5.32 Å². The second kappa shape index (κ2) is 5.66. The predicted octanol–water partition coefficient (Wildman–Crippen LogP) is 4.35. The van der Waals surface area contributed by atoms with Gasteiger partial charge in [-0.25, -0.2) is 0 Å². The molecule has 4 rings (SSSR count). The Morgan fingerprint density at radius 3 is 2.58 bits per heavy atom. The number of fused-ring (bicyclic) bond motifs is 2. The first-order valence-corrected chi connectivity index (χ1v) is 7.60. The lowest BCUT2D eigenvalue weighted by atomic mass is 10.0. The van der Waals surface area contributed by atoms with E-state index in [1.807, 2.05) is 42.5 Å². The first kappa shape index (κ1) is 14.2. The monoisotopic (exact) mass is 314 g/mol. The van der Waals surface area contributed by atoms with Crippen LogP contribution >= 0.6 is 0 Å². The fourth-order valence-electron chi connectivity index (χ4n) is 2.88. The first-order valence-electron chi connectivity index (χ1n) is 7.60. The van der Waals surface area contributed by atoms with Crippen LogP contribution in [-0.2, 0) is 0 Å². The van der Waals surface area contributed by atoms with Gasteiger partial charge in [0.05, 0.1) is 5.69 Å². The van der Waals surface area contributed by atoms with Gasteiger partial charge in [0.25, 0.3) is 5.91 Å². The Morgan fingerprint density at radius 2 is 1.67 bits per heavy atom. The number of amides is 1. The number of phenols is 1. The SMILES string of the molecule is O=C(Nc1ccc(O)c2ncccc12)c1cccc2ccccc12. The third-order valence-electron chi connectivity index (χ3n) is 4.03. The number of nitrogens with one attached hydrogen (secondary N) is 1. The van der Waals surface area contributed by atoms with E-state index >= 15 is 0 Å². The standard InChI is InChI=1S/C20H14N2O2/c23-18-11-10-17(16-9-4-12-21-19(16)18)22-20(24)15-8-3-6-13-5-1-2-7-14(13)15/h1-12,23H,(H,22,24). The quantitative estimate of drug-likeness (QED) is 0.541. The minimum absolute atomic E-state index is 0.0914. The molecule has 0 atom stereocenters. The highest BCUT2D eigenvalue weighted by atomic mass is 16.3. The molecule has 0 fully saturated rings. The largest absolute Gasteiger partial charge is 0.506 e. The molecule has 24 heavy (non-hydrogen) atoms. The molecule has 0 saturated carbocycles. The van der Waals surface area contributed by atoms with Crippen LogP contribution in [-0.4, -0.2) is 16.0 Å². The summed E-state index contributed by atoms with van der Waals surface area (Å²) in [5.74, 6) is -0.101. The van der Waals surface area contributed by atoms with Crippen LogP contribution in [0.4, 0.5) is 5.69 Å². The van der Waals surface area contributed by atoms with E-state index in [1.54, 1.807) is 24.4 Å². The van der Waals surface area contributed by atoms with Crippen molar-refractivity contribution in [3.05, 3.63) is 78.5 Å². The maximum Gasteiger partial charge on any atom is 0.256 e. The molecule has 4 aromatic rings. The lowest BCUT2D eigenvalue weighted by molar-refractivity contribution is 0.102. The van der Waals surface area contributed by atoms with Crippen molar-refractivity contribution in [1.29, 1.82) is 0 Å². The maximum atomic E-state index is 12.8. The van der Waals surface area contributed by atoms with E-state index in [0.29, 0.717) is 22.2 Å². The average Bonchev–Trinajstić information content (AvgIpc) is 2.64. The number of hydrogen-bond acceptors (Lipinski definition) is 3. The second-order valence-electron chi connectivity index (χ2n) is 5.51. The molecule has 0 saturated heterocycles. The van der Waals surface area contributed by atoms with Crippen LogP contribution < -0.4 is 5.32 Å². The summed E-state index contributed by atoms with van der Waals surface area (Å²) in [5, 5.41) is 15.5. The molecule has 0 radical (unpaired) electrons. The van der Waals surface area contributed by atoms with Crippen LogP contribution in [0.2, 0.25) is 0 Å². The number of nitrogens with zero attached hydrogens (tertiary/aromatic N) is 1. The summed E-state index contributed by atoms with van der Waals surface area (Å²) in [5.41, 5.74) is 1.69. The molecule has 4 heteroatoms. The third-order valence-corrected chi connectivity index (χ3v) is 4.03. The van der Waals surface area contributed by atoms with Crippen molar-refractivity contribution in [2.24, 2.45) is 0 Å². The van der Waals surface area contributed by atoms with Gasteiger partial charge in [-0.05, 0) is 41.1 Å². The fourth-order valence-corrected chi connectivity index (χ4v) is 2.88. The summed E-state index contributed by atoms with van der Waals surface area (Å²) in [6.45, 7) is 0. The van der Waals surface area contributed by atoms with Crippen molar-refractivity contribution >= 4 is 33.3 Å². The number of carbonyl (C=O) groups is 1. The van der Waals surface area contributed by atoms with E-state index in [4.69, 9.17) is 0 Å². The van der Waals surface area contributed by atoms with Crippen molar-refractivity contribution in [3.63, 3.8) is 0 Å². The molecule has 0 unspecified atom stereocenters. The zero-order valence-corrected chi connectivity index (χ0v) is 12.7. The Morgan fingerprint density at radius 1 is 0.875 bits per heavy atom. The minimum atomic E-state index is -0.192. The van der Waals surface area contributed by atoms with Gasteiger partial charge in [0, 0.05) is 17.1 Å². The van der Waals surface area contributed by atoms with Crippen LogP contribution in [0.1, 0.15) is 10.4 Å². The van der Waals surface area contributed by atoms with Gasteiger partial charge in [-0.3, -0.25) is 9.78 Å². The van der Waals surface area contributed by atoms with Crippen LogP contribution in [0.25, 0.3) is 21.7 Å². The van der Waals surface area contributed by atoms with Crippen LogP contribution in [0, 0.1) is 0 Å². The topological polar surface area (TPSA) is 62.2 Å². The van der Waals surface area contributed by atoms with Crippen LogP contribution in [0.15, 0.2) is 72.9 Å². The number of hydrogen-bond donors (Lipinski definition) is 2. The van der Waals surface area contributed by atoms with E-state index in [0.717, 1.165) is 10.8 Å². The smallest absolute Gasteiger partial charge is 0.256 e. The van der Waals surface area contributed by atoms with Crippen molar-refractivity contribution in [1.82, 2.24) is 4.98 Å². The Bertz CT molecular complexity index is 1070. The molecule has 116 valence electrons. The molecule has 1 heterocycles. The van der Waals surface area contributed by atoms with Gasteiger partial charge in [-0.15, -0.1) is 0 Å². The fraction of sp³-hybridized carbons (Fsp3) is 0. The molecule has 1 aromatic heterocycles. The third kappa shape index (κ3) is 2.34. The Balaban J connectivity index is 1.78. The average molecular weight is 314 g/mol. The van der Waals surface area contributed by atoms with Gasteiger partial charge in [0.15, 0.2) is 0 Å². The summed E-state index contributed by atoms with van der Waals surface area (Å²) in [4.78, 5) is 16.9. The molecule has 3 aromatic carbocycles. The number of phenolic OH excluding ortho intramolecular Hbond substituents is 1. The highest BCUT2D eigenvalue weighted by Gasteiger charge is 2.13. The lowest BCUT2D eigenvalue weighted by Crippen LogP contribution is -2.12. The number of aromatic hydroxyl groups is 1. The molecule has 1 amide bonds. The zero-order valence-electron chi connectivity index (χ0n) is 12.7. The van der Waals surface area contributed by atoms with Gasteiger partial charge in [-0.2, -0.15) is 0 Å². The highest BCUT2D eigenvalue weighted by Crippen LogP contribution is 2.29. The van der Waals surface area contributed by atoms with Crippen molar-refractivity contribution in [2.45, 2.75) is 0 Å². The van der Waals surface area contributed by atoms with E-state index in [2.05, 4.69) is 10.3 Å².